The van der Waals surface area contributed by atoms with Gasteiger partial charge in [-0.15, -0.1) is 6.42 Å². The molecule has 0 aromatic carbocycles. The van der Waals surface area contributed by atoms with Crippen LogP contribution in [0.5, 0.6) is 0 Å². The monoisotopic (exact) mass is 328 g/mol. The average Bonchev–Trinajstić information content (AvgIpc) is 2.38. The lowest BCUT2D eigenvalue weighted by molar-refractivity contribution is -0.117. The Balaban J connectivity index is -0.000000247. The number of rotatable bonds is 3. The van der Waals surface area contributed by atoms with Crippen LogP contribution in [0.2, 0.25) is 0 Å². The van der Waals surface area contributed by atoms with Crippen LogP contribution in [0.3, 0.4) is 0 Å². The van der Waals surface area contributed by atoms with Crippen molar-refractivity contribution in [3.63, 3.8) is 0 Å². The highest BCUT2D eigenvalue weighted by Gasteiger charge is 2.05. The molecule has 0 aliphatic carbocycles. The number of carbonyl (C=O) groups excluding carboxylic acids is 2. The molecule has 0 aromatic rings. The molecular weight excluding hydrogens is 300 g/mol. The van der Waals surface area contributed by atoms with Gasteiger partial charge in [0.15, 0.2) is 0 Å². The summed E-state index contributed by atoms with van der Waals surface area (Å²) in [5.41, 5.74) is 0. The fourth-order valence-corrected chi connectivity index (χ4v) is 0.434. The molecule has 0 aliphatic heterocycles. The van der Waals surface area contributed by atoms with Crippen molar-refractivity contribution in [3.8, 4) is 24.2 Å². The van der Waals surface area contributed by atoms with Gasteiger partial charge in [-0.2, -0.15) is 0 Å². The second kappa shape index (κ2) is 13.1. The number of hydrogen-bond donors (Lipinski definition) is 0. The lowest BCUT2D eigenvalue weighted by atomic mass is 10.1. The van der Waals surface area contributed by atoms with Crippen LogP contribution in [0, 0.1) is 36.0 Å². The van der Waals surface area contributed by atoms with Crippen LogP contribution in [-0.4, -0.2) is 31.5 Å². The minimum absolute atomic E-state index is 0.00926. The van der Waals surface area contributed by atoms with Crippen molar-refractivity contribution >= 4 is 21.4 Å². The molecule has 0 saturated heterocycles. The molecule has 5 heteroatoms. The van der Waals surface area contributed by atoms with Crippen LogP contribution in [0.1, 0.15) is 48.5 Å². The summed E-state index contributed by atoms with van der Waals surface area (Å²) >= 11 is 0. The maximum absolute atomic E-state index is 10.6. The molecule has 0 aliphatic rings. The van der Waals surface area contributed by atoms with E-state index in [0.29, 0.717) is 0 Å². The Bertz CT molecular complexity index is 535. The topological polar surface area (TPSA) is 68.3 Å². The van der Waals surface area contributed by atoms with Gasteiger partial charge in [0.1, 0.15) is 9.84 Å². The standard InChI is InChI=1S/C7H10O.C6H8O.C4H10O2S/c1-4-5-7(8)6(2)3;1-4-6(7)5(2)3;1-4(2)7(3,5)6/h6H,1-3H3;1,5H,2-3H3;4H,1-3H3. The molecule has 0 unspecified atom stereocenters. The molecule has 126 valence electrons. The van der Waals surface area contributed by atoms with Gasteiger partial charge in [-0.05, 0) is 32.6 Å². The van der Waals surface area contributed by atoms with E-state index in [9.17, 15) is 18.0 Å². The highest BCUT2D eigenvalue weighted by molar-refractivity contribution is 7.91. The molecule has 0 heterocycles. The number of hydrogen-bond acceptors (Lipinski definition) is 4. The molecule has 0 aromatic heterocycles. The van der Waals surface area contributed by atoms with Gasteiger partial charge in [0.05, 0.1) is 5.25 Å². The summed E-state index contributed by atoms with van der Waals surface area (Å²) in [7, 11) is -2.74. The minimum atomic E-state index is -2.74. The highest BCUT2D eigenvalue weighted by atomic mass is 32.2. The molecule has 0 N–H and O–H groups in total. The number of terminal acetylenes is 1. The Morgan fingerprint density at radius 1 is 0.909 bits per heavy atom. The minimum Gasteiger partial charge on any atom is -0.285 e. The maximum atomic E-state index is 10.6. The van der Waals surface area contributed by atoms with Gasteiger partial charge in [0.25, 0.3) is 0 Å². The summed E-state index contributed by atoms with van der Waals surface area (Å²) in [4.78, 5) is 20.8. The van der Waals surface area contributed by atoms with Crippen molar-refractivity contribution in [3.05, 3.63) is 0 Å². The summed E-state index contributed by atoms with van der Waals surface area (Å²) in [6.07, 6.45) is 6.01. The van der Waals surface area contributed by atoms with Crippen molar-refractivity contribution in [2.75, 3.05) is 6.26 Å². The fraction of sp³-hybridized carbons (Fsp3) is 0.647. The Morgan fingerprint density at radius 3 is 1.27 bits per heavy atom. The van der Waals surface area contributed by atoms with Crippen LogP contribution in [0.25, 0.3) is 0 Å². The van der Waals surface area contributed by atoms with Crippen LogP contribution in [-0.2, 0) is 19.4 Å². The number of carbonyl (C=O) groups is 2. The zero-order valence-corrected chi connectivity index (χ0v) is 15.7. The summed E-state index contributed by atoms with van der Waals surface area (Å²) in [6, 6.07) is 0. The summed E-state index contributed by atoms with van der Waals surface area (Å²) in [5, 5.41) is -0.229. The predicted molar refractivity (Wildman–Crippen MR) is 92.0 cm³/mol. The van der Waals surface area contributed by atoms with E-state index in [2.05, 4.69) is 11.8 Å². The first-order chi connectivity index (χ1) is 9.80. The van der Waals surface area contributed by atoms with Crippen LogP contribution in [0.15, 0.2) is 0 Å². The molecule has 0 rings (SSSR count). The molecule has 0 amide bonds. The van der Waals surface area contributed by atoms with E-state index in [1.54, 1.807) is 34.6 Å². The van der Waals surface area contributed by atoms with Gasteiger partial charge in [0.2, 0.25) is 11.6 Å². The van der Waals surface area contributed by atoms with Gasteiger partial charge in [-0.25, -0.2) is 8.42 Å². The smallest absolute Gasteiger partial charge is 0.207 e. The Hall–Kier alpha value is -1.59. The van der Waals surface area contributed by atoms with E-state index < -0.39 is 9.84 Å². The molecule has 0 fully saturated rings. The quantitative estimate of drug-likeness (QED) is 0.590. The van der Waals surface area contributed by atoms with E-state index in [1.807, 2.05) is 19.8 Å². The number of Topliss-reactive ketones (excluding diaryl/α,β-unsaturated/α-hetero) is 2. The summed E-state index contributed by atoms with van der Waals surface area (Å²) in [6.45, 7) is 12.2. The normalized spacial score (nSPS) is 9.55. The predicted octanol–water partition coefficient (Wildman–Crippen LogP) is 2.52. The molecule has 0 saturated carbocycles. The third-order valence-corrected chi connectivity index (χ3v) is 4.01. The lowest BCUT2D eigenvalue weighted by Crippen LogP contribution is -2.10. The van der Waals surface area contributed by atoms with Crippen LogP contribution in [0.4, 0.5) is 0 Å². The van der Waals surface area contributed by atoms with E-state index >= 15 is 0 Å². The van der Waals surface area contributed by atoms with E-state index in [0.717, 1.165) is 0 Å². The van der Waals surface area contributed by atoms with E-state index in [4.69, 9.17) is 6.42 Å². The largest absolute Gasteiger partial charge is 0.285 e. The zero-order valence-electron chi connectivity index (χ0n) is 14.9. The SMILES string of the molecule is C#CC(=O)C(C)C.CC#CC(=O)C(C)C.CC(C)S(C)(=O)=O. The Kier molecular flexibility index (Phi) is 15.1. The molecule has 0 spiro atoms. The first kappa shape index (κ1) is 25.4. The molecule has 0 atom stereocenters. The fourth-order valence-electron chi connectivity index (χ4n) is 0.434. The molecule has 0 bridgehead atoms. The number of sulfone groups is 1. The zero-order chi connectivity index (χ0) is 18.5. The van der Waals surface area contributed by atoms with Crippen molar-refractivity contribution < 1.29 is 18.0 Å². The molecule has 22 heavy (non-hydrogen) atoms. The third kappa shape index (κ3) is 18.4. The summed E-state index contributed by atoms with van der Waals surface area (Å²) < 4.78 is 20.7. The Labute approximate surface area is 136 Å². The van der Waals surface area contributed by atoms with Crippen molar-refractivity contribution in [2.24, 2.45) is 11.8 Å². The molecule has 4 nitrogen and oxygen atoms in total. The second-order valence-electron chi connectivity index (χ2n) is 5.44. The Morgan fingerprint density at radius 2 is 1.23 bits per heavy atom. The first-order valence-electron chi connectivity index (χ1n) is 6.97. The van der Waals surface area contributed by atoms with Crippen molar-refractivity contribution in [2.45, 2.75) is 53.7 Å². The van der Waals surface area contributed by atoms with Gasteiger partial charge in [0, 0.05) is 18.1 Å². The molecule has 0 radical (unpaired) electrons. The molecular formula is C17H28O4S. The van der Waals surface area contributed by atoms with Crippen LogP contribution >= 0.6 is 0 Å². The maximum Gasteiger partial charge on any atom is 0.207 e. The third-order valence-electron chi connectivity index (χ3n) is 2.30. The summed E-state index contributed by atoms with van der Waals surface area (Å²) in [5.74, 6) is 6.98. The van der Waals surface area contributed by atoms with Gasteiger partial charge in [-0.3, -0.25) is 9.59 Å². The van der Waals surface area contributed by atoms with Crippen molar-refractivity contribution in [1.82, 2.24) is 0 Å². The van der Waals surface area contributed by atoms with Crippen LogP contribution < -0.4 is 0 Å². The van der Waals surface area contributed by atoms with Gasteiger partial charge in [-0.1, -0.05) is 33.6 Å². The van der Waals surface area contributed by atoms with E-state index in [-0.39, 0.29) is 28.7 Å². The van der Waals surface area contributed by atoms with Gasteiger partial charge < -0.3 is 0 Å². The first-order valence-corrected chi connectivity index (χ1v) is 8.92. The second-order valence-corrected chi connectivity index (χ2v) is 8.04. The average molecular weight is 328 g/mol. The van der Waals surface area contributed by atoms with E-state index in [1.165, 1.54) is 6.26 Å². The lowest BCUT2D eigenvalue weighted by Gasteiger charge is -1.96. The highest BCUT2D eigenvalue weighted by Crippen LogP contribution is 1.92. The number of ketones is 2. The van der Waals surface area contributed by atoms with Gasteiger partial charge >= 0.3 is 0 Å². The van der Waals surface area contributed by atoms with Crippen molar-refractivity contribution in [1.29, 1.82) is 0 Å².